The highest BCUT2D eigenvalue weighted by molar-refractivity contribution is 6.55. The molecule has 2 aromatic carbocycles. The Hall–Kier alpha value is -1.30. The summed E-state index contributed by atoms with van der Waals surface area (Å²) in [6.45, 7) is 0. The van der Waals surface area contributed by atoms with Crippen molar-refractivity contribution in [2.45, 2.75) is 12.4 Å². The van der Waals surface area contributed by atoms with E-state index >= 15 is 0 Å². The quantitative estimate of drug-likeness (QED) is 0.129. The summed E-state index contributed by atoms with van der Waals surface area (Å²) in [5, 5.41) is -2.48. The van der Waals surface area contributed by atoms with E-state index in [0.29, 0.717) is 0 Å². The first-order valence-corrected chi connectivity index (χ1v) is 10.2. The molecule has 0 aliphatic carbocycles. The lowest BCUT2D eigenvalue weighted by Crippen LogP contribution is -2.25. The molecule has 16 heteroatoms. The van der Waals surface area contributed by atoms with Gasteiger partial charge in [0.15, 0.2) is 0 Å². The van der Waals surface area contributed by atoms with Gasteiger partial charge in [-0.15, -0.1) is 0 Å². The summed E-state index contributed by atoms with van der Waals surface area (Å²) in [5.41, 5.74) is -2.19. The van der Waals surface area contributed by atoms with E-state index in [9.17, 15) is 26.3 Å². The van der Waals surface area contributed by atoms with E-state index in [2.05, 4.69) is 9.97 Å². The third kappa shape index (κ3) is 3.56. The molecule has 0 saturated heterocycles. The van der Waals surface area contributed by atoms with E-state index in [1.165, 1.54) is 0 Å². The molecule has 0 bridgehead atoms. The molecule has 2 heterocycles. The van der Waals surface area contributed by atoms with Gasteiger partial charge in [0.1, 0.15) is 11.0 Å². The van der Waals surface area contributed by atoms with Gasteiger partial charge in [0, 0.05) is 0 Å². The Kier molecular flexibility index (Phi) is 5.67. The first-order chi connectivity index (χ1) is 14.6. The summed E-state index contributed by atoms with van der Waals surface area (Å²) in [6.07, 6.45) is -10.5. The molecule has 170 valence electrons. The fourth-order valence-corrected chi connectivity index (χ4v) is 4.26. The van der Waals surface area contributed by atoms with E-state index in [0.717, 1.165) is 12.1 Å². The van der Waals surface area contributed by atoms with Crippen molar-refractivity contribution in [1.29, 1.82) is 0 Å². The fraction of sp³-hybridized carbons (Fsp3) is 0.125. The second kappa shape index (κ2) is 7.61. The van der Waals surface area contributed by atoms with Crippen molar-refractivity contribution in [2.24, 2.45) is 0 Å². The minimum absolute atomic E-state index is 0.0636. The van der Waals surface area contributed by atoms with Crippen molar-refractivity contribution < 1.29 is 26.3 Å². The number of benzene rings is 2. The van der Waals surface area contributed by atoms with Gasteiger partial charge in [0.05, 0.1) is 41.2 Å². The highest BCUT2D eigenvalue weighted by Gasteiger charge is 2.44. The monoisotopic (exact) mass is 574 g/mol. The number of imidazole rings is 2. The van der Waals surface area contributed by atoms with Crippen LogP contribution in [-0.4, -0.2) is 19.3 Å². The normalized spacial score (nSPS) is 13.0. The van der Waals surface area contributed by atoms with Crippen LogP contribution in [0.1, 0.15) is 11.6 Å². The number of aromatic nitrogens is 4. The molecular weight excluding hydrogens is 575 g/mol. The highest BCUT2D eigenvalue weighted by Crippen LogP contribution is 2.46. The molecule has 0 atom stereocenters. The van der Waals surface area contributed by atoms with Crippen LogP contribution in [0, 0.1) is 0 Å². The largest absolute Gasteiger partial charge is 0.451 e. The van der Waals surface area contributed by atoms with Crippen LogP contribution in [0.2, 0.25) is 30.1 Å². The fourth-order valence-electron chi connectivity index (χ4n) is 2.99. The summed E-state index contributed by atoms with van der Waals surface area (Å²) in [4.78, 5) is 6.78. The molecule has 0 unspecified atom stereocenters. The Morgan fingerprint density at radius 1 is 0.625 bits per heavy atom. The van der Waals surface area contributed by atoms with Gasteiger partial charge in [-0.05, 0) is 12.1 Å². The minimum atomic E-state index is -5.26. The Morgan fingerprint density at radius 3 is 1.69 bits per heavy atom. The van der Waals surface area contributed by atoms with Gasteiger partial charge in [-0.25, -0.2) is 19.3 Å². The first kappa shape index (κ1) is 23.8. The highest BCUT2D eigenvalue weighted by atomic mass is 35.5. The maximum absolute atomic E-state index is 13.9. The lowest BCUT2D eigenvalue weighted by molar-refractivity contribution is -0.154. The van der Waals surface area contributed by atoms with E-state index in [1.54, 1.807) is 0 Å². The molecule has 4 rings (SSSR count). The van der Waals surface area contributed by atoms with Gasteiger partial charge in [-0.2, -0.15) is 26.3 Å². The molecule has 2 aromatic heterocycles. The summed E-state index contributed by atoms with van der Waals surface area (Å²) in [5.74, 6) is -3.54. The number of hydrogen-bond acceptors (Lipinski definition) is 2. The van der Waals surface area contributed by atoms with Crippen molar-refractivity contribution in [3.05, 3.63) is 53.9 Å². The first-order valence-electron chi connectivity index (χ1n) is 7.91. The third-order valence-electron chi connectivity index (χ3n) is 4.23. The molecule has 0 fully saturated rings. The van der Waals surface area contributed by atoms with E-state index in [1.807, 2.05) is 0 Å². The predicted octanol–water partition coefficient (Wildman–Crippen LogP) is 8.66. The molecule has 0 spiro atoms. The van der Waals surface area contributed by atoms with Gasteiger partial charge in [0.2, 0.25) is 11.6 Å². The van der Waals surface area contributed by atoms with Gasteiger partial charge < -0.3 is 0 Å². The number of halogens is 12. The van der Waals surface area contributed by atoms with Crippen LogP contribution in [0.15, 0.2) is 12.1 Å². The second-order valence-electron chi connectivity index (χ2n) is 6.20. The lowest BCUT2D eigenvalue weighted by atomic mass is 10.3. The van der Waals surface area contributed by atoms with E-state index in [-0.39, 0.29) is 19.4 Å². The second-order valence-corrected chi connectivity index (χ2v) is 8.52. The lowest BCUT2D eigenvalue weighted by Gasteiger charge is -2.18. The van der Waals surface area contributed by atoms with E-state index < -0.39 is 66.2 Å². The zero-order chi connectivity index (χ0) is 23.9. The van der Waals surface area contributed by atoms with Crippen molar-refractivity contribution >= 4 is 91.7 Å². The Balaban J connectivity index is 2.33. The molecule has 0 aliphatic rings. The molecule has 0 saturated carbocycles. The van der Waals surface area contributed by atoms with Gasteiger partial charge in [0.25, 0.3) is 0 Å². The average molecular weight is 577 g/mol. The van der Waals surface area contributed by atoms with Gasteiger partial charge >= 0.3 is 12.4 Å². The van der Waals surface area contributed by atoms with Crippen LogP contribution < -0.4 is 0 Å². The van der Waals surface area contributed by atoms with Crippen LogP contribution in [0.3, 0.4) is 0 Å². The smallest absolute Gasteiger partial charge is 0.223 e. The molecule has 4 nitrogen and oxygen atoms in total. The molecule has 0 N–H and O–H groups in total. The topological polar surface area (TPSA) is 35.6 Å². The Bertz CT molecular complexity index is 1420. The van der Waals surface area contributed by atoms with Crippen molar-refractivity contribution in [3.8, 4) is 0 Å². The van der Waals surface area contributed by atoms with Crippen molar-refractivity contribution in [1.82, 2.24) is 19.3 Å². The molecule has 32 heavy (non-hydrogen) atoms. The summed E-state index contributed by atoms with van der Waals surface area (Å²) < 4.78 is 83.5. The Labute approximate surface area is 203 Å². The predicted molar refractivity (Wildman–Crippen MR) is 110 cm³/mol. The van der Waals surface area contributed by atoms with Crippen LogP contribution >= 0.6 is 69.6 Å². The minimum Gasteiger partial charge on any atom is -0.223 e. The maximum Gasteiger partial charge on any atom is 0.451 e. The maximum atomic E-state index is 13.9. The average Bonchev–Trinajstić information content (AvgIpc) is 3.23. The van der Waals surface area contributed by atoms with Crippen LogP contribution in [0.25, 0.3) is 22.1 Å². The van der Waals surface area contributed by atoms with Crippen molar-refractivity contribution in [2.75, 3.05) is 0 Å². The SMILES string of the molecule is FC(F)(F)c1nc2cc(Cl)c(Cl)cc2n1-n1c(C(F)(F)F)nc2c(Cl)c(Cl)c(Cl)c(Cl)c21. The zero-order valence-electron chi connectivity index (χ0n) is 14.5. The van der Waals surface area contributed by atoms with Crippen molar-refractivity contribution in [3.63, 3.8) is 0 Å². The summed E-state index contributed by atoms with van der Waals surface area (Å²) >= 11 is 35.7. The van der Waals surface area contributed by atoms with Crippen LogP contribution in [-0.2, 0) is 12.4 Å². The molecule has 4 aromatic rings. The summed E-state index contributed by atoms with van der Waals surface area (Å²) in [7, 11) is 0. The number of rotatable bonds is 1. The van der Waals surface area contributed by atoms with Crippen LogP contribution in [0.5, 0.6) is 0 Å². The van der Waals surface area contributed by atoms with Gasteiger partial charge in [-0.1, -0.05) is 69.6 Å². The molecular formula is C16H2Cl6F6N4. The zero-order valence-corrected chi connectivity index (χ0v) is 19.0. The standard InChI is InChI=1S/C16H2Cl6F6N4/c17-3-1-5-6(2-4(3)18)31(13(29-5)15(23,24)25)32-12-10(22)8(20)7(19)9(21)11(12)30-14(32)16(26,27)28/h1-2H. The third-order valence-corrected chi connectivity index (χ3v) is 6.73. The molecule has 0 amide bonds. The number of alkyl halides is 6. The molecule has 0 aliphatic heterocycles. The number of nitrogens with zero attached hydrogens (tertiary/aromatic N) is 4. The Morgan fingerprint density at radius 2 is 1.12 bits per heavy atom. The van der Waals surface area contributed by atoms with Crippen LogP contribution in [0.4, 0.5) is 26.3 Å². The number of fused-ring (bicyclic) bond motifs is 2. The van der Waals surface area contributed by atoms with E-state index in [4.69, 9.17) is 69.6 Å². The molecule has 0 radical (unpaired) electrons. The summed E-state index contributed by atoms with van der Waals surface area (Å²) in [6, 6.07) is 1.89. The number of hydrogen-bond donors (Lipinski definition) is 0. The van der Waals surface area contributed by atoms with Gasteiger partial charge in [-0.3, -0.25) is 0 Å².